The van der Waals surface area contributed by atoms with Gasteiger partial charge in [0.05, 0.1) is 16.2 Å². The Kier molecular flexibility index (Phi) is 5.48. The van der Waals surface area contributed by atoms with E-state index in [-0.39, 0.29) is 0 Å². The van der Waals surface area contributed by atoms with Gasteiger partial charge in [-0.15, -0.1) is 0 Å². The van der Waals surface area contributed by atoms with Gasteiger partial charge in [0, 0.05) is 46.9 Å². The molecule has 2 aromatic heterocycles. The van der Waals surface area contributed by atoms with Gasteiger partial charge in [-0.2, -0.15) is 5.26 Å². The molecule has 0 radical (unpaired) electrons. The van der Waals surface area contributed by atoms with E-state index in [0.29, 0.717) is 12.3 Å². The molecule has 1 fully saturated rings. The van der Waals surface area contributed by atoms with Gasteiger partial charge in [0.1, 0.15) is 5.65 Å². The van der Waals surface area contributed by atoms with E-state index < -0.39 is 0 Å². The van der Waals surface area contributed by atoms with E-state index in [2.05, 4.69) is 79.6 Å². The zero-order valence-electron chi connectivity index (χ0n) is 16.0. The number of piperidine rings is 1. The Morgan fingerprint density at radius 3 is 2.64 bits per heavy atom. The lowest BCUT2D eigenvalue weighted by atomic mass is 9.93. The molecule has 4 rings (SSSR count). The van der Waals surface area contributed by atoms with Crippen molar-refractivity contribution in [3.8, 4) is 11.8 Å². The van der Waals surface area contributed by atoms with Crippen LogP contribution in [0.2, 0.25) is 0 Å². The number of benzene rings is 1. The molecule has 3 aromatic rings. The van der Waals surface area contributed by atoms with Crippen molar-refractivity contribution in [3.63, 3.8) is 0 Å². The summed E-state index contributed by atoms with van der Waals surface area (Å²) >= 11 is 7.33. The number of rotatable bonds is 3. The fourth-order valence-corrected chi connectivity index (χ4v) is 4.94. The number of nitrogens with zero attached hydrogens (tertiary/aromatic N) is 4. The molecule has 0 aliphatic carbocycles. The Morgan fingerprint density at radius 2 is 1.93 bits per heavy atom. The largest absolute Gasteiger partial charge is 0.371 e. The number of pyridine rings is 1. The Hall–Kier alpha value is -1.84. The number of hydrogen-bond donors (Lipinski definition) is 0. The van der Waals surface area contributed by atoms with Gasteiger partial charge >= 0.3 is 0 Å². The zero-order valence-corrected chi connectivity index (χ0v) is 19.2. The van der Waals surface area contributed by atoms with Crippen LogP contribution in [0.15, 0.2) is 39.4 Å². The van der Waals surface area contributed by atoms with Crippen LogP contribution in [0.3, 0.4) is 0 Å². The van der Waals surface area contributed by atoms with Gasteiger partial charge in [0.2, 0.25) is 0 Å². The van der Waals surface area contributed by atoms with E-state index in [1.807, 2.05) is 12.1 Å². The minimum atomic E-state index is 0.531. The third-order valence-electron chi connectivity index (χ3n) is 5.58. The summed E-state index contributed by atoms with van der Waals surface area (Å²) in [7, 11) is 0. The Morgan fingerprint density at radius 1 is 1.18 bits per heavy atom. The molecule has 1 saturated heterocycles. The topological polar surface area (TPSA) is 44.9 Å². The molecule has 0 N–H and O–H groups in total. The molecule has 0 amide bonds. The summed E-state index contributed by atoms with van der Waals surface area (Å²) in [6.45, 7) is 6.22. The number of fused-ring (bicyclic) bond motifs is 1. The van der Waals surface area contributed by atoms with Crippen molar-refractivity contribution in [2.24, 2.45) is 5.92 Å². The summed E-state index contributed by atoms with van der Waals surface area (Å²) in [6.07, 6.45) is 5.00. The molecular weight excluding hydrogens is 480 g/mol. The number of hydrogen-bond acceptors (Lipinski definition) is 3. The van der Waals surface area contributed by atoms with Crippen LogP contribution in [-0.2, 0) is 0 Å². The van der Waals surface area contributed by atoms with Crippen molar-refractivity contribution in [1.29, 1.82) is 5.26 Å². The van der Waals surface area contributed by atoms with Crippen molar-refractivity contribution in [1.82, 2.24) is 9.55 Å². The number of anilines is 1. The smallest absolute Gasteiger partial charge is 0.147 e. The van der Waals surface area contributed by atoms with Gasteiger partial charge in [0.15, 0.2) is 0 Å². The molecule has 0 spiro atoms. The number of aryl methyl sites for hydroxylation is 2. The molecular formula is C22H22Br2N4. The Balaban J connectivity index is 1.81. The molecule has 4 nitrogen and oxygen atoms in total. The van der Waals surface area contributed by atoms with Crippen LogP contribution in [-0.4, -0.2) is 22.6 Å². The van der Waals surface area contributed by atoms with Crippen molar-refractivity contribution >= 4 is 48.6 Å². The third-order valence-corrected chi connectivity index (χ3v) is 7.61. The summed E-state index contributed by atoms with van der Waals surface area (Å²) in [6, 6.07) is 10.7. The quantitative estimate of drug-likeness (QED) is 0.423. The van der Waals surface area contributed by atoms with Crippen molar-refractivity contribution in [3.05, 3.63) is 50.7 Å². The van der Waals surface area contributed by atoms with Crippen LogP contribution in [0.4, 0.5) is 5.69 Å². The van der Waals surface area contributed by atoms with Gasteiger partial charge < -0.3 is 4.90 Å². The predicted octanol–water partition coefficient (Wildman–Crippen LogP) is 6.30. The fourth-order valence-electron chi connectivity index (χ4n) is 4.13. The number of aromatic nitrogens is 2. The van der Waals surface area contributed by atoms with E-state index >= 15 is 0 Å². The molecule has 0 unspecified atom stereocenters. The van der Waals surface area contributed by atoms with Crippen LogP contribution in [0.5, 0.6) is 0 Å². The normalized spacial score (nSPS) is 15.2. The monoisotopic (exact) mass is 500 g/mol. The van der Waals surface area contributed by atoms with Crippen LogP contribution in [0, 0.1) is 31.1 Å². The lowest BCUT2D eigenvalue weighted by molar-refractivity contribution is 0.413. The highest BCUT2D eigenvalue weighted by Crippen LogP contribution is 2.37. The van der Waals surface area contributed by atoms with Gasteiger partial charge in [-0.25, -0.2) is 4.98 Å². The summed E-state index contributed by atoms with van der Waals surface area (Å²) in [5, 5.41) is 10.2. The summed E-state index contributed by atoms with van der Waals surface area (Å²) in [4.78, 5) is 7.37. The highest BCUT2D eigenvalue weighted by atomic mass is 79.9. The van der Waals surface area contributed by atoms with Gasteiger partial charge in [-0.1, -0.05) is 6.07 Å². The standard InChI is InChI=1S/C22H22Br2N4/c1-14-13-28(18-5-3-4-17(23)21(18)24)22-20(14)19(12-15(2)26-22)27-10-7-16(6-9-25)8-11-27/h3-5,12-13,16H,6-8,10-11H2,1-2H3. The first-order valence-corrected chi connectivity index (χ1v) is 11.1. The Labute approximate surface area is 182 Å². The van der Waals surface area contributed by atoms with E-state index in [1.165, 1.54) is 16.6 Å². The van der Waals surface area contributed by atoms with Crippen LogP contribution in [0.25, 0.3) is 16.7 Å². The van der Waals surface area contributed by atoms with E-state index in [0.717, 1.165) is 51.9 Å². The highest BCUT2D eigenvalue weighted by molar-refractivity contribution is 9.13. The lowest BCUT2D eigenvalue weighted by Gasteiger charge is -2.33. The first-order chi connectivity index (χ1) is 13.5. The molecule has 0 bridgehead atoms. The van der Waals surface area contributed by atoms with Crippen LogP contribution in [0.1, 0.15) is 30.5 Å². The maximum atomic E-state index is 8.99. The molecule has 3 heterocycles. The van der Waals surface area contributed by atoms with E-state index in [1.54, 1.807) is 0 Å². The minimum absolute atomic E-state index is 0.531. The van der Waals surface area contributed by atoms with Crippen LogP contribution >= 0.6 is 31.9 Å². The molecule has 0 saturated carbocycles. The average Bonchev–Trinajstić information content (AvgIpc) is 3.00. The van der Waals surface area contributed by atoms with Crippen molar-refractivity contribution < 1.29 is 0 Å². The molecule has 28 heavy (non-hydrogen) atoms. The third kappa shape index (κ3) is 3.46. The van der Waals surface area contributed by atoms with Crippen LogP contribution < -0.4 is 4.90 Å². The molecule has 1 aliphatic rings. The summed E-state index contributed by atoms with van der Waals surface area (Å²) in [5.74, 6) is 0.531. The molecule has 1 aliphatic heterocycles. The average molecular weight is 502 g/mol. The Bertz CT molecular complexity index is 1070. The first kappa shape index (κ1) is 19.5. The summed E-state index contributed by atoms with van der Waals surface area (Å²) in [5.41, 5.74) is 5.57. The first-order valence-electron chi connectivity index (χ1n) is 9.55. The minimum Gasteiger partial charge on any atom is -0.371 e. The van der Waals surface area contributed by atoms with Gasteiger partial charge in [-0.3, -0.25) is 4.57 Å². The molecule has 144 valence electrons. The molecule has 0 atom stereocenters. The molecule has 1 aromatic carbocycles. The van der Waals surface area contributed by atoms with Crippen molar-refractivity contribution in [2.45, 2.75) is 33.1 Å². The van der Waals surface area contributed by atoms with E-state index in [4.69, 9.17) is 10.2 Å². The fraction of sp³-hybridized carbons (Fsp3) is 0.364. The number of halogens is 2. The van der Waals surface area contributed by atoms with Gasteiger partial charge in [-0.05, 0) is 88.2 Å². The van der Waals surface area contributed by atoms with Crippen molar-refractivity contribution in [2.75, 3.05) is 18.0 Å². The maximum Gasteiger partial charge on any atom is 0.147 e. The van der Waals surface area contributed by atoms with E-state index in [9.17, 15) is 0 Å². The molecule has 6 heteroatoms. The highest BCUT2D eigenvalue weighted by Gasteiger charge is 2.23. The second-order valence-corrected chi connectivity index (χ2v) is 9.18. The number of nitriles is 1. The summed E-state index contributed by atoms with van der Waals surface area (Å²) < 4.78 is 4.23. The predicted molar refractivity (Wildman–Crippen MR) is 121 cm³/mol. The maximum absolute atomic E-state index is 8.99. The zero-order chi connectivity index (χ0) is 19.8. The second-order valence-electron chi connectivity index (χ2n) is 7.53. The second kappa shape index (κ2) is 7.88. The SMILES string of the molecule is Cc1cc(N2CCC(CC#N)CC2)c2c(C)cn(-c3cccc(Br)c3Br)c2n1. The van der Waals surface area contributed by atoms with Gasteiger partial charge in [0.25, 0.3) is 0 Å². The lowest BCUT2D eigenvalue weighted by Crippen LogP contribution is -2.33.